The van der Waals surface area contributed by atoms with E-state index >= 15 is 0 Å². The van der Waals surface area contributed by atoms with Crippen LogP contribution >= 0.6 is 0 Å². The molecule has 0 fully saturated rings. The van der Waals surface area contributed by atoms with Gasteiger partial charge in [-0.3, -0.25) is 4.79 Å². The quantitative estimate of drug-likeness (QED) is 0.928. The van der Waals surface area contributed by atoms with Crippen LogP contribution in [0.5, 0.6) is 5.88 Å². The van der Waals surface area contributed by atoms with Gasteiger partial charge in [0.25, 0.3) is 5.91 Å². The standard InChI is InChI=1S/C14H15N5O2/c1-19-14(21-2)11(7-16-19)8-3-4-9-10(5-8)12(6-15)17-18-13(9)20/h3-5,7,12H,6,15H2,1-2H3. The largest absolute Gasteiger partial charge is 0.481 e. The second-order valence-corrected chi connectivity index (χ2v) is 4.77. The number of nitrogens with two attached hydrogens (primary N) is 1. The summed E-state index contributed by atoms with van der Waals surface area (Å²) in [7, 11) is 3.40. The second kappa shape index (κ2) is 5.10. The molecule has 21 heavy (non-hydrogen) atoms. The van der Waals surface area contributed by atoms with E-state index in [-0.39, 0.29) is 11.9 Å². The zero-order valence-corrected chi connectivity index (χ0v) is 11.8. The van der Waals surface area contributed by atoms with Crippen LogP contribution in [0, 0.1) is 0 Å². The molecule has 2 heterocycles. The molecule has 3 rings (SSSR count). The molecule has 1 amide bonds. The first-order valence-electron chi connectivity index (χ1n) is 6.51. The highest BCUT2D eigenvalue weighted by molar-refractivity contribution is 5.97. The van der Waals surface area contributed by atoms with Crippen molar-refractivity contribution in [1.82, 2.24) is 9.78 Å². The Kier molecular flexibility index (Phi) is 3.26. The van der Waals surface area contributed by atoms with Crippen molar-refractivity contribution in [1.29, 1.82) is 0 Å². The summed E-state index contributed by atoms with van der Waals surface area (Å²) in [5, 5.41) is 11.8. The first-order valence-corrected chi connectivity index (χ1v) is 6.51. The Morgan fingerprint density at radius 3 is 2.90 bits per heavy atom. The predicted octanol–water partition coefficient (Wildman–Crippen LogP) is 1.70. The minimum absolute atomic E-state index is 0.291. The van der Waals surface area contributed by atoms with E-state index in [2.05, 4.69) is 15.3 Å². The van der Waals surface area contributed by atoms with Gasteiger partial charge in [0.2, 0.25) is 5.88 Å². The van der Waals surface area contributed by atoms with Crippen LogP contribution in [-0.2, 0) is 7.05 Å². The van der Waals surface area contributed by atoms with Crippen molar-refractivity contribution < 1.29 is 9.53 Å². The number of nitrogens with zero attached hydrogens (tertiary/aromatic N) is 4. The van der Waals surface area contributed by atoms with Gasteiger partial charge >= 0.3 is 0 Å². The number of methoxy groups -OCH3 is 1. The summed E-state index contributed by atoms with van der Waals surface area (Å²) >= 11 is 0. The Morgan fingerprint density at radius 1 is 1.38 bits per heavy atom. The van der Waals surface area contributed by atoms with Crippen molar-refractivity contribution in [3.8, 4) is 17.0 Å². The first kappa shape index (κ1) is 13.4. The average Bonchev–Trinajstić information content (AvgIpc) is 2.88. The molecule has 2 aromatic rings. The molecule has 7 nitrogen and oxygen atoms in total. The van der Waals surface area contributed by atoms with E-state index in [0.29, 0.717) is 18.0 Å². The van der Waals surface area contributed by atoms with Gasteiger partial charge in [-0.25, -0.2) is 4.68 Å². The van der Waals surface area contributed by atoms with Gasteiger partial charge in [0.05, 0.1) is 18.9 Å². The normalized spacial score (nSPS) is 16.9. The third kappa shape index (κ3) is 2.11. The summed E-state index contributed by atoms with van der Waals surface area (Å²) in [4.78, 5) is 11.8. The molecule has 1 aromatic heterocycles. The minimum atomic E-state index is -0.334. The third-order valence-electron chi connectivity index (χ3n) is 3.54. The van der Waals surface area contributed by atoms with Crippen molar-refractivity contribution in [3.63, 3.8) is 0 Å². The Morgan fingerprint density at radius 2 is 2.19 bits per heavy atom. The molecule has 0 radical (unpaired) electrons. The minimum Gasteiger partial charge on any atom is -0.481 e. The Balaban J connectivity index is 2.13. The van der Waals surface area contributed by atoms with Crippen LogP contribution in [-0.4, -0.2) is 29.3 Å². The molecule has 108 valence electrons. The van der Waals surface area contributed by atoms with Crippen molar-refractivity contribution in [2.75, 3.05) is 13.7 Å². The molecular weight excluding hydrogens is 270 g/mol. The lowest BCUT2D eigenvalue weighted by molar-refractivity contribution is 0.0985. The number of ether oxygens (including phenoxy) is 1. The van der Waals surface area contributed by atoms with Crippen molar-refractivity contribution in [2.45, 2.75) is 6.04 Å². The van der Waals surface area contributed by atoms with E-state index < -0.39 is 0 Å². The molecule has 7 heteroatoms. The van der Waals surface area contributed by atoms with Gasteiger partial charge in [0.1, 0.15) is 6.04 Å². The molecule has 1 atom stereocenters. The number of aryl methyl sites for hydroxylation is 1. The lowest BCUT2D eigenvalue weighted by atomic mass is 9.95. The Hall–Kier alpha value is -2.54. The number of benzene rings is 1. The van der Waals surface area contributed by atoms with E-state index in [1.807, 2.05) is 12.1 Å². The van der Waals surface area contributed by atoms with Crippen LogP contribution in [0.15, 0.2) is 34.6 Å². The van der Waals surface area contributed by atoms with E-state index in [0.717, 1.165) is 16.7 Å². The van der Waals surface area contributed by atoms with Crippen LogP contribution in [0.1, 0.15) is 22.0 Å². The number of aromatic nitrogens is 2. The summed E-state index contributed by atoms with van der Waals surface area (Å²) < 4.78 is 7.01. The van der Waals surface area contributed by atoms with Crippen LogP contribution in [0.3, 0.4) is 0 Å². The highest BCUT2D eigenvalue weighted by Gasteiger charge is 2.24. The number of hydrogen-bond acceptors (Lipinski definition) is 5. The monoisotopic (exact) mass is 285 g/mol. The van der Waals surface area contributed by atoms with Gasteiger partial charge in [0, 0.05) is 19.2 Å². The fraction of sp³-hybridized carbons (Fsp3) is 0.286. The maximum atomic E-state index is 11.8. The molecule has 1 aliphatic heterocycles. The fourth-order valence-electron chi connectivity index (χ4n) is 2.48. The van der Waals surface area contributed by atoms with Crippen LogP contribution in [0.25, 0.3) is 11.1 Å². The van der Waals surface area contributed by atoms with Gasteiger partial charge in [-0.05, 0) is 23.3 Å². The van der Waals surface area contributed by atoms with Gasteiger partial charge in [-0.2, -0.15) is 10.2 Å². The van der Waals surface area contributed by atoms with E-state index in [1.54, 1.807) is 31.1 Å². The molecule has 1 aliphatic rings. The maximum Gasteiger partial charge on any atom is 0.295 e. The summed E-state index contributed by atoms with van der Waals surface area (Å²) in [5.41, 5.74) is 8.81. The molecule has 2 N–H and O–H groups in total. The molecule has 0 saturated heterocycles. The molecule has 0 spiro atoms. The first-order chi connectivity index (χ1) is 10.2. The number of carbonyl (C=O) groups is 1. The number of hydrogen-bond donors (Lipinski definition) is 1. The topological polar surface area (TPSA) is 94.9 Å². The van der Waals surface area contributed by atoms with Gasteiger partial charge < -0.3 is 10.5 Å². The summed E-state index contributed by atoms with van der Waals surface area (Å²) in [5.74, 6) is 0.322. The molecule has 1 unspecified atom stereocenters. The number of carbonyl (C=O) groups excluding carboxylic acids is 1. The summed E-state index contributed by atoms with van der Waals surface area (Å²) in [6, 6.07) is 5.22. The molecule has 1 aromatic carbocycles. The van der Waals surface area contributed by atoms with Crippen LogP contribution < -0.4 is 10.5 Å². The van der Waals surface area contributed by atoms with Crippen LogP contribution in [0.4, 0.5) is 0 Å². The summed E-state index contributed by atoms with van der Waals surface area (Å²) in [6.45, 7) is 0.303. The van der Waals surface area contributed by atoms with Gasteiger partial charge in [-0.15, -0.1) is 5.11 Å². The summed E-state index contributed by atoms with van der Waals surface area (Å²) in [6.07, 6.45) is 1.73. The zero-order chi connectivity index (χ0) is 15.0. The third-order valence-corrected chi connectivity index (χ3v) is 3.54. The number of azo groups is 1. The highest BCUT2D eigenvalue weighted by atomic mass is 16.5. The van der Waals surface area contributed by atoms with E-state index in [1.165, 1.54) is 0 Å². The van der Waals surface area contributed by atoms with Crippen molar-refractivity contribution in [2.24, 2.45) is 23.0 Å². The van der Waals surface area contributed by atoms with E-state index in [4.69, 9.17) is 10.5 Å². The van der Waals surface area contributed by atoms with Gasteiger partial charge in [0.15, 0.2) is 0 Å². The average molecular weight is 285 g/mol. The van der Waals surface area contributed by atoms with Crippen LogP contribution in [0.2, 0.25) is 0 Å². The van der Waals surface area contributed by atoms with E-state index in [9.17, 15) is 4.79 Å². The molecule has 0 aliphatic carbocycles. The van der Waals surface area contributed by atoms with Crippen molar-refractivity contribution in [3.05, 3.63) is 35.5 Å². The molecular formula is C14H15N5O2. The molecule has 0 saturated carbocycles. The predicted molar refractivity (Wildman–Crippen MR) is 76.2 cm³/mol. The maximum absolute atomic E-state index is 11.8. The number of rotatable bonds is 3. The SMILES string of the molecule is COc1c(-c2ccc3c(c2)C(CN)N=NC3=O)cnn1C. The lowest BCUT2D eigenvalue weighted by Crippen LogP contribution is -2.17. The second-order valence-electron chi connectivity index (χ2n) is 4.77. The fourth-order valence-corrected chi connectivity index (χ4v) is 2.48. The van der Waals surface area contributed by atoms with Gasteiger partial charge in [-0.1, -0.05) is 6.07 Å². The highest BCUT2D eigenvalue weighted by Crippen LogP contribution is 2.34. The molecule has 0 bridgehead atoms. The Labute approximate surface area is 121 Å². The van der Waals surface area contributed by atoms with Crippen molar-refractivity contribution >= 4 is 5.91 Å². The lowest BCUT2D eigenvalue weighted by Gasteiger charge is -2.17. The zero-order valence-electron chi connectivity index (χ0n) is 11.8. The number of amides is 1. The smallest absolute Gasteiger partial charge is 0.295 e. The number of fused-ring (bicyclic) bond motifs is 1. The Bertz CT molecular complexity index is 735.